The Morgan fingerprint density at radius 1 is 1.14 bits per heavy atom. The molecule has 112 valence electrons. The van der Waals surface area contributed by atoms with Crippen LogP contribution in [0.4, 0.5) is 10.1 Å². The molecule has 0 aliphatic rings. The van der Waals surface area contributed by atoms with E-state index in [1.54, 1.807) is 24.3 Å². The quantitative estimate of drug-likeness (QED) is 0.779. The molecule has 1 N–H and O–H groups in total. The van der Waals surface area contributed by atoms with Crippen LogP contribution in [0.15, 0.2) is 50.2 Å². The Hall–Kier alpha value is -1.12. The van der Waals surface area contributed by atoms with Crippen LogP contribution in [0, 0.1) is 5.82 Å². The Morgan fingerprint density at radius 3 is 2.29 bits per heavy atom. The van der Waals surface area contributed by atoms with Crippen LogP contribution in [0.2, 0.25) is 0 Å². The molecule has 0 bridgehead atoms. The van der Waals surface area contributed by atoms with Gasteiger partial charge in [-0.2, -0.15) is 0 Å². The van der Waals surface area contributed by atoms with E-state index in [1.165, 1.54) is 7.11 Å². The Kier molecular flexibility index (Phi) is 4.90. The molecular weight excluding hydrogens is 429 g/mol. The minimum absolute atomic E-state index is 0.0881. The second-order valence-corrected chi connectivity index (χ2v) is 7.33. The first-order valence-corrected chi connectivity index (χ1v) is 8.72. The van der Waals surface area contributed by atoms with E-state index in [4.69, 9.17) is 4.74 Å². The third-order valence-corrected chi connectivity index (χ3v) is 5.82. The number of para-hydroxylation sites is 2. The second-order valence-electron chi connectivity index (χ2n) is 4.00. The van der Waals surface area contributed by atoms with Crippen molar-refractivity contribution in [3.63, 3.8) is 0 Å². The molecule has 0 fully saturated rings. The molecule has 0 unspecified atom stereocenters. The summed E-state index contributed by atoms with van der Waals surface area (Å²) in [5, 5.41) is 0. The second kappa shape index (κ2) is 6.33. The number of rotatable bonds is 4. The van der Waals surface area contributed by atoms with Crippen LogP contribution in [-0.4, -0.2) is 15.5 Å². The van der Waals surface area contributed by atoms with Crippen LogP contribution < -0.4 is 9.46 Å². The average molecular weight is 439 g/mol. The zero-order valence-electron chi connectivity index (χ0n) is 10.7. The molecule has 0 atom stereocenters. The molecule has 0 saturated heterocycles. The summed E-state index contributed by atoms with van der Waals surface area (Å²) in [7, 11) is -2.47. The monoisotopic (exact) mass is 437 g/mol. The van der Waals surface area contributed by atoms with Crippen molar-refractivity contribution in [2.75, 3.05) is 11.8 Å². The summed E-state index contributed by atoms with van der Waals surface area (Å²) < 4.78 is 46.0. The minimum Gasteiger partial charge on any atom is -0.495 e. The van der Waals surface area contributed by atoms with Crippen LogP contribution in [0.25, 0.3) is 0 Å². The van der Waals surface area contributed by atoms with E-state index in [9.17, 15) is 12.8 Å². The van der Waals surface area contributed by atoms with E-state index in [1.807, 2.05) is 0 Å². The van der Waals surface area contributed by atoms with E-state index >= 15 is 0 Å². The van der Waals surface area contributed by atoms with E-state index in [0.29, 0.717) is 11.4 Å². The maximum absolute atomic E-state index is 13.2. The van der Waals surface area contributed by atoms with Gasteiger partial charge in [0, 0.05) is 8.95 Å². The van der Waals surface area contributed by atoms with Gasteiger partial charge in [-0.15, -0.1) is 0 Å². The molecule has 0 aromatic heterocycles. The molecule has 8 heteroatoms. The standard InChI is InChI=1S/C13H10Br2FNO3S/c1-20-12-5-3-2-4-11(12)17-21(18,19)13-9(14)6-8(16)7-10(13)15/h2-7,17H,1H3. The van der Waals surface area contributed by atoms with Gasteiger partial charge < -0.3 is 4.74 Å². The summed E-state index contributed by atoms with van der Waals surface area (Å²) in [6, 6.07) is 8.77. The summed E-state index contributed by atoms with van der Waals surface area (Å²) >= 11 is 6.12. The number of benzene rings is 2. The summed E-state index contributed by atoms with van der Waals surface area (Å²) in [5.74, 6) is -0.166. The van der Waals surface area contributed by atoms with Gasteiger partial charge in [-0.1, -0.05) is 12.1 Å². The third-order valence-electron chi connectivity index (χ3n) is 2.58. The number of hydrogen-bond donors (Lipinski definition) is 1. The number of hydrogen-bond acceptors (Lipinski definition) is 3. The highest BCUT2D eigenvalue weighted by Crippen LogP contribution is 2.34. The van der Waals surface area contributed by atoms with Crippen molar-refractivity contribution in [3.8, 4) is 5.75 Å². The lowest BCUT2D eigenvalue weighted by atomic mass is 10.3. The van der Waals surface area contributed by atoms with Crippen molar-refractivity contribution in [1.29, 1.82) is 0 Å². The number of nitrogens with one attached hydrogen (secondary N) is 1. The number of ether oxygens (including phenoxy) is 1. The molecule has 4 nitrogen and oxygen atoms in total. The maximum atomic E-state index is 13.2. The highest BCUT2D eigenvalue weighted by Gasteiger charge is 2.23. The van der Waals surface area contributed by atoms with E-state index in [-0.39, 0.29) is 13.8 Å². The molecule has 2 aromatic rings. The topological polar surface area (TPSA) is 55.4 Å². The first-order chi connectivity index (χ1) is 9.85. The highest BCUT2D eigenvalue weighted by atomic mass is 79.9. The van der Waals surface area contributed by atoms with Crippen LogP contribution in [0.3, 0.4) is 0 Å². The van der Waals surface area contributed by atoms with Crippen molar-refractivity contribution in [3.05, 3.63) is 51.2 Å². The molecule has 0 radical (unpaired) electrons. The van der Waals surface area contributed by atoms with Crippen molar-refractivity contribution in [1.82, 2.24) is 0 Å². The summed E-state index contributed by atoms with van der Waals surface area (Å²) in [6.07, 6.45) is 0. The van der Waals surface area contributed by atoms with Crippen molar-refractivity contribution >= 4 is 47.6 Å². The average Bonchev–Trinajstić information content (AvgIpc) is 2.37. The number of halogens is 3. The molecular formula is C13H10Br2FNO3S. The lowest BCUT2D eigenvalue weighted by molar-refractivity contribution is 0.417. The molecule has 0 aliphatic carbocycles. The van der Waals surface area contributed by atoms with Crippen LogP contribution in [0.1, 0.15) is 0 Å². The van der Waals surface area contributed by atoms with Gasteiger partial charge in [0.2, 0.25) is 0 Å². The molecule has 0 aliphatic heterocycles. The summed E-state index contributed by atoms with van der Waals surface area (Å²) in [6.45, 7) is 0. The Balaban J connectivity index is 2.49. The molecule has 2 aromatic carbocycles. The SMILES string of the molecule is COc1ccccc1NS(=O)(=O)c1c(Br)cc(F)cc1Br. The maximum Gasteiger partial charge on any atom is 0.264 e. The van der Waals surface area contributed by atoms with Gasteiger partial charge in [0.25, 0.3) is 10.0 Å². The van der Waals surface area contributed by atoms with Crippen molar-refractivity contribution in [2.45, 2.75) is 4.90 Å². The van der Waals surface area contributed by atoms with Crippen LogP contribution in [-0.2, 0) is 10.0 Å². The lowest BCUT2D eigenvalue weighted by Gasteiger charge is -2.13. The lowest BCUT2D eigenvalue weighted by Crippen LogP contribution is -2.15. The first-order valence-electron chi connectivity index (χ1n) is 5.65. The minimum atomic E-state index is -3.91. The van der Waals surface area contributed by atoms with Crippen LogP contribution >= 0.6 is 31.9 Å². The highest BCUT2D eigenvalue weighted by molar-refractivity contribution is 9.11. The van der Waals surface area contributed by atoms with Crippen molar-refractivity contribution < 1.29 is 17.5 Å². The largest absolute Gasteiger partial charge is 0.495 e. The van der Waals surface area contributed by atoms with Gasteiger partial charge in [0.15, 0.2) is 0 Å². The Morgan fingerprint density at radius 2 is 1.71 bits per heavy atom. The molecule has 0 spiro atoms. The fraction of sp³-hybridized carbons (Fsp3) is 0.0769. The van der Waals surface area contributed by atoms with E-state index in [2.05, 4.69) is 36.6 Å². The van der Waals surface area contributed by atoms with Gasteiger partial charge >= 0.3 is 0 Å². The zero-order valence-corrected chi connectivity index (χ0v) is 14.7. The molecule has 2 rings (SSSR count). The number of methoxy groups -OCH3 is 1. The summed E-state index contributed by atoms with van der Waals surface area (Å²) in [5.41, 5.74) is 0.295. The van der Waals surface area contributed by atoms with Crippen molar-refractivity contribution in [2.24, 2.45) is 0 Å². The van der Waals surface area contributed by atoms with Gasteiger partial charge in [0.05, 0.1) is 12.8 Å². The predicted molar refractivity (Wildman–Crippen MR) is 85.6 cm³/mol. The van der Waals surface area contributed by atoms with Gasteiger partial charge in [0.1, 0.15) is 16.5 Å². The fourth-order valence-electron chi connectivity index (χ4n) is 1.71. The predicted octanol–water partition coefficient (Wildman–Crippen LogP) is 4.16. The van der Waals surface area contributed by atoms with E-state index in [0.717, 1.165) is 12.1 Å². The Bertz CT molecular complexity index is 758. The van der Waals surface area contributed by atoms with Gasteiger partial charge in [-0.25, -0.2) is 12.8 Å². The smallest absolute Gasteiger partial charge is 0.264 e. The van der Waals surface area contributed by atoms with Gasteiger partial charge in [-0.3, -0.25) is 4.72 Å². The molecule has 21 heavy (non-hydrogen) atoms. The van der Waals surface area contributed by atoms with Gasteiger partial charge in [-0.05, 0) is 56.1 Å². The number of sulfonamides is 1. The normalized spacial score (nSPS) is 11.2. The molecule has 0 amide bonds. The fourth-order valence-corrected chi connectivity index (χ4v) is 5.31. The summed E-state index contributed by atoms with van der Waals surface area (Å²) in [4.78, 5) is -0.0881. The number of anilines is 1. The molecule has 0 saturated carbocycles. The zero-order chi connectivity index (χ0) is 15.6. The third kappa shape index (κ3) is 3.56. The Labute approximate surface area is 138 Å². The van der Waals surface area contributed by atoms with E-state index < -0.39 is 15.8 Å². The first kappa shape index (κ1) is 16.3. The molecule has 0 heterocycles. The van der Waals surface area contributed by atoms with Crippen LogP contribution in [0.5, 0.6) is 5.75 Å².